The summed E-state index contributed by atoms with van der Waals surface area (Å²) in [6.45, 7) is 3.04. The topological polar surface area (TPSA) is 35.2 Å². The first-order valence-corrected chi connectivity index (χ1v) is 5.00. The van der Waals surface area contributed by atoms with Crippen LogP contribution in [0.2, 0.25) is 0 Å². The van der Waals surface area contributed by atoms with E-state index in [1.807, 2.05) is 0 Å². The molecule has 2 N–H and O–H groups in total. The Labute approximate surface area is 75.5 Å². The number of ether oxygens (including phenoxy) is 1. The van der Waals surface area contributed by atoms with Crippen molar-refractivity contribution in [2.45, 2.75) is 38.6 Å². The predicted octanol–water partition coefficient (Wildman–Crippen LogP) is 1.79. The second kappa shape index (κ2) is 4.83. The van der Waals surface area contributed by atoms with Gasteiger partial charge in [-0.1, -0.05) is 26.2 Å². The third-order valence-electron chi connectivity index (χ3n) is 3.09. The van der Waals surface area contributed by atoms with Crippen LogP contribution >= 0.6 is 0 Å². The van der Waals surface area contributed by atoms with Crippen LogP contribution in [0.1, 0.15) is 32.6 Å². The van der Waals surface area contributed by atoms with Gasteiger partial charge in [0.15, 0.2) is 0 Å². The molecule has 1 aliphatic rings. The molecule has 0 aromatic carbocycles. The fraction of sp³-hybridized carbons (Fsp3) is 1.00. The van der Waals surface area contributed by atoms with Crippen LogP contribution in [0.5, 0.6) is 0 Å². The molecule has 2 nitrogen and oxygen atoms in total. The Morgan fingerprint density at radius 3 is 2.67 bits per heavy atom. The first kappa shape index (κ1) is 10.0. The Bertz CT molecular complexity index is 127. The Kier molecular flexibility index (Phi) is 4.02. The van der Waals surface area contributed by atoms with E-state index in [4.69, 9.17) is 10.5 Å². The van der Waals surface area contributed by atoms with Crippen LogP contribution < -0.4 is 5.73 Å². The van der Waals surface area contributed by atoms with Crippen molar-refractivity contribution < 1.29 is 4.74 Å². The maximum Gasteiger partial charge on any atom is 0.0616 e. The molecular formula is C10H21NO. The molecule has 2 heteroatoms. The van der Waals surface area contributed by atoms with Gasteiger partial charge in [-0.25, -0.2) is 0 Å². The van der Waals surface area contributed by atoms with Gasteiger partial charge in [-0.15, -0.1) is 0 Å². The first-order chi connectivity index (χ1) is 5.75. The molecule has 0 spiro atoms. The van der Waals surface area contributed by atoms with Crippen molar-refractivity contribution in [2.75, 3.05) is 13.7 Å². The zero-order valence-electron chi connectivity index (χ0n) is 8.25. The SMILES string of the molecule is COCC(N)C1CCCCC1C. The largest absolute Gasteiger partial charge is 0.383 e. The summed E-state index contributed by atoms with van der Waals surface area (Å²) >= 11 is 0. The fourth-order valence-corrected chi connectivity index (χ4v) is 2.30. The van der Waals surface area contributed by atoms with Crippen LogP contribution in [-0.4, -0.2) is 19.8 Å². The van der Waals surface area contributed by atoms with Gasteiger partial charge in [0.2, 0.25) is 0 Å². The van der Waals surface area contributed by atoms with Crippen molar-refractivity contribution in [3.05, 3.63) is 0 Å². The molecular weight excluding hydrogens is 150 g/mol. The van der Waals surface area contributed by atoms with Gasteiger partial charge < -0.3 is 10.5 Å². The highest BCUT2D eigenvalue weighted by atomic mass is 16.5. The van der Waals surface area contributed by atoms with Crippen molar-refractivity contribution in [1.82, 2.24) is 0 Å². The molecule has 0 saturated heterocycles. The molecule has 12 heavy (non-hydrogen) atoms. The summed E-state index contributed by atoms with van der Waals surface area (Å²) in [5.41, 5.74) is 6.02. The Morgan fingerprint density at radius 1 is 1.42 bits per heavy atom. The number of rotatable bonds is 3. The number of hydrogen-bond donors (Lipinski definition) is 1. The van der Waals surface area contributed by atoms with Gasteiger partial charge in [0.25, 0.3) is 0 Å². The van der Waals surface area contributed by atoms with Gasteiger partial charge in [0.05, 0.1) is 6.61 Å². The van der Waals surface area contributed by atoms with E-state index in [2.05, 4.69) is 6.92 Å². The molecule has 0 aromatic heterocycles. The minimum absolute atomic E-state index is 0.255. The second-order valence-electron chi connectivity index (χ2n) is 4.04. The zero-order chi connectivity index (χ0) is 8.97. The minimum Gasteiger partial charge on any atom is -0.383 e. The molecule has 3 unspecified atom stereocenters. The summed E-state index contributed by atoms with van der Waals surface area (Å²) in [5, 5.41) is 0. The van der Waals surface area contributed by atoms with E-state index in [0.29, 0.717) is 5.92 Å². The van der Waals surface area contributed by atoms with Crippen LogP contribution in [0.3, 0.4) is 0 Å². The second-order valence-corrected chi connectivity index (χ2v) is 4.04. The lowest BCUT2D eigenvalue weighted by atomic mass is 9.77. The molecule has 3 atom stereocenters. The number of hydrogen-bond acceptors (Lipinski definition) is 2. The predicted molar refractivity (Wildman–Crippen MR) is 51.0 cm³/mol. The van der Waals surface area contributed by atoms with Crippen molar-refractivity contribution in [1.29, 1.82) is 0 Å². The minimum atomic E-state index is 0.255. The van der Waals surface area contributed by atoms with Crippen LogP contribution in [0.25, 0.3) is 0 Å². The Balaban J connectivity index is 2.36. The maximum absolute atomic E-state index is 6.02. The highest BCUT2D eigenvalue weighted by molar-refractivity contribution is 4.80. The molecule has 0 radical (unpaired) electrons. The molecule has 1 rings (SSSR count). The van der Waals surface area contributed by atoms with Gasteiger partial charge in [-0.2, -0.15) is 0 Å². The van der Waals surface area contributed by atoms with Crippen LogP contribution in [0, 0.1) is 11.8 Å². The van der Waals surface area contributed by atoms with Crippen molar-refractivity contribution in [2.24, 2.45) is 17.6 Å². The average Bonchev–Trinajstić information content (AvgIpc) is 2.05. The Morgan fingerprint density at radius 2 is 2.08 bits per heavy atom. The summed E-state index contributed by atoms with van der Waals surface area (Å²) in [7, 11) is 1.73. The summed E-state index contributed by atoms with van der Waals surface area (Å²) in [6, 6.07) is 0.255. The summed E-state index contributed by atoms with van der Waals surface area (Å²) in [5.74, 6) is 1.49. The molecule has 0 aromatic rings. The highest BCUT2D eigenvalue weighted by Crippen LogP contribution is 2.31. The monoisotopic (exact) mass is 171 g/mol. The summed E-state index contributed by atoms with van der Waals surface area (Å²) in [4.78, 5) is 0. The Hall–Kier alpha value is -0.0800. The van der Waals surface area contributed by atoms with Gasteiger partial charge >= 0.3 is 0 Å². The molecule has 1 aliphatic carbocycles. The molecule has 0 bridgehead atoms. The molecule has 0 heterocycles. The van der Waals surface area contributed by atoms with Gasteiger partial charge in [-0.3, -0.25) is 0 Å². The average molecular weight is 171 g/mol. The van der Waals surface area contributed by atoms with E-state index in [0.717, 1.165) is 12.5 Å². The van der Waals surface area contributed by atoms with E-state index < -0.39 is 0 Å². The highest BCUT2D eigenvalue weighted by Gasteiger charge is 2.26. The molecule has 1 saturated carbocycles. The summed E-state index contributed by atoms with van der Waals surface area (Å²) < 4.78 is 5.08. The van der Waals surface area contributed by atoms with Crippen molar-refractivity contribution in [3.8, 4) is 0 Å². The maximum atomic E-state index is 6.02. The van der Waals surface area contributed by atoms with Crippen molar-refractivity contribution >= 4 is 0 Å². The first-order valence-electron chi connectivity index (χ1n) is 5.00. The third-order valence-corrected chi connectivity index (χ3v) is 3.09. The summed E-state index contributed by atoms with van der Waals surface area (Å²) in [6.07, 6.45) is 5.39. The lowest BCUT2D eigenvalue weighted by molar-refractivity contribution is 0.121. The lowest BCUT2D eigenvalue weighted by Gasteiger charge is -2.32. The van der Waals surface area contributed by atoms with E-state index in [1.165, 1.54) is 25.7 Å². The quantitative estimate of drug-likeness (QED) is 0.702. The van der Waals surface area contributed by atoms with E-state index in [9.17, 15) is 0 Å². The molecule has 0 aliphatic heterocycles. The lowest BCUT2D eigenvalue weighted by Crippen LogP contribution is -2.39. The fourth-order valence-electron chi connectivity index (χ4n) is 2.30. The molecule has 0 amide bonds. The molecule has 72 valence electrons. The number of methoxy groups -OCH3 is 1. The zero-order valence-corrected chi connectivity index (χ0v) is 8.25. The van der Waals surface area contributed by atoms with Gasteiger partial charge in [0.1, 0.15) is 0 Å². The number of nitrogens with two attached hydrogens (primary N) is 1. The third kappa shape index (κ3) is 2.46. The van der Waals surface area contributed by atoms with E-state index in [-0.39, 0.29) is 6.04 Å². The molecule has 1 fully saturated rings. The standard InChI is InChI=1S/C10H21NO/c1-8-5-3-4-6-9(8)10(11)7-12-2/h8-10H,3-7,11H2,1-2H3. The van der Waals surface area contributed by atoms with E-state index in [1.54, 1.807) is 7.11 Å². The smallest absolute Gasteiger partial charge is 0.0616 e. The van der Waals surface area contributed by atoms with Crippen LogP contribution in [-0.2, 0) is 4.74 Å². The van der Waals surface area contributed by atoms with Gasteiger partial charge in [0, 0.05) is 13.2 Å². The van der Waals surface area contributed by atoms with E-state index >= 15 is 0 Å². The van der Waals surface area contributed by atoms with Crippen molar-refractivity contribution in [3.63, 3.8) is 0 Å². The van der Waals surface area contributed by atoms with Crippen LogP contribution in [0.15, 0.2) is 0 Å². The van der Waals surface area contributed by atoms with Crippen LogP contribution in [0.4, 0.5) is 0 Å². The normalized spacial score (nSPS) is 33.2. The van der Waals surface area contributed by atoms with Gasteiger partial charge in [-0.05, 0) is 18.3 Å².